The number of nitrogens with zero attached hydrogens (tertiary/aromatic N) is 2. The molecule has 0 bridgehead atoms. The van der Waals surface area contributed by atoms with E-state index in [2.05, 4.69) is 10.5 Å². The molecule has 1 aromatic carbocycles. The number of aromatic nitrogens is 1. The summed E-state index contributed by atoms with van der Waals surface area (Å²) in [7, 11) is 1.57. The number of nitrogens with one attached hydrogen (secondary N) is 1. The van der Waals surface area contributed by atoms with Crippen molar-refractivity contribution < 1.29 is 14.1 Å². The summed E-state index contributed by atoms with van der Waals surface area (Å²) in [6.45, 7) is 3.55. The first-order valence-electron chi connectivity index (χ1n) is 7.69. The van der Waals surface area contributed by atoms with Gasteiger partial charge in [-0.25, -0.2) is 0 Å². The van der Waals surface area contributed by atoms with E-state index < -0.39 is 0 Å². The van der Waals surface area contributed by atoms with Crippen LogP contribution >= 0.6 is 23.2 Å². The lowest BCUT2D eigenvalue weighted by Gasteiger charge is -2.17. The fourth-order valence-corrected chi connectivity index (χ4v) is 2.87. The minimum absolute atomic E-state index is 0.0953. The molecular weight excluding hydrogens is 365 g/mol. The molecule has 2 rings (SSSR count). The van der Waals surface area contributed by atoms with Gasteiger partial charge in [0.2, 0.25) is 11.8 Å². The first-order chi connectivity index (χ1) is 11.8. The quantitative estimate of drug-likeness (QED) is 0.825. The SMILES string of the molecule is Cc1noc(C)c1CCC(=O)N(C)CC(=O)Nc1c(Cl)cccc1Cl. The van der Waals surface area contributed by atoms with Gasteiger partial charge in [-0.2, -0.15) is 0 Å². The Hall–Kier alpha value is -2.05. The second-order valence-electron chi connectivity index (χ2n) is 5.70. The number of hydrogen-bond donors (Lipinski definition) is 1. The number of carbonyl (C=O) groups is 2. The molecule has 0 radical (unpaired) electrons. The lowest BCUT2D eigenvalue weighted by Crippen LogP contribution is -2.35. The van der Waals surface area contributed by atoms with Crippen molar-refractivity contribution in [1.29, 1.82) is 0 Å². The molecule has 1 aromatic heterocycles. The zero-order chi connectivity index (χ0) is 18.6. The Morgan fingerprint density at radius 3 is 2.44 bits per heavy atom. The summed E-state index contributed by atoms with van der Waals surface area (Å²) in [6, 6.07) is 4.94. The van der Waals surface area contributed by atoms with E-state index >= 15 is 0 Å². The molecule has 8 heteroatoms. The van der Waals surface area contributed by atoms with Crippen molar-refractivity contribution in [3.63, 3.8) is 0 Å². The van der Waals surface area contributed by atoms with Crippen LogP contribution in [0.4, 0.5) is 5.69 Å². The zero-order valence-corrected chi connectivity index (χ0v) is 15.7. The van der Waals surface area contributed by atoms with Crippen LogP contribution in [-0.4, -0.2) is 35.5 Å². The number of para-hydroxylation sites is 1. The molecule has 0 aliphatic rings. The van der Waals surface area contributed by atoms with Crippen molar-refractivity contribution in [2.24, 2.45) is 0 Å². The number of rotatable bonds is 6. The number of anilines is 1. The highest BCUT2D eigenvalue weighted by atomic mass is 35.5. The number of benzene rings is 1. The van der Waals surface area contributed by atoms with Crippen LogP contribution in [0, 0.1) is 13.8 Å². The first-order valence-corrected chi connectivity index (χ1v) is 8.44. The molecule has 2 aromatic rings. The minimum Gasteiger partial charge on any atom is -0.361 e. The molecule has 0 aliphatic carbocycles. The molecule has 25 heavy (non-hydrogen) atoms. The molecular formula is C17H19Cl2N3O3. The lowest BCUT2D eigenvalue weighted by molar-refractivity contribution is -0.133. The van der Waals surface area contributed by atoms with Gasteiger partial charge < -0.3 is 14.7 Å². The third-order valence-electron chi connectivity index (χ3n) is 3.80. The maximum Gasteiger partial charge on any atom is 0.244 e. The van der Waals surface area contributed by atoms with Crippen LogP contribution in [0.2, 0.25) is 10.0 Å². The van der Waals surface area contributed by atoms with Gasteiger partial charge in [-0.1, -0.05) is 34.4 Å². The molecule has 0 spiro atoms. The minimum atomic E-state index is -0.372. The van der Waals surface area contributed by atoms with E-state index in [0.29, 0.717) is 27.9 Å². The van der Waals surface area contributed by atoms with E-state index in [0.717, 1.165) is 11.3 Å². The van der Waals surface area contributed by atoms with E-state index in [9.17, 15) is 9.59 Å². The second kappa shape index (κ2) is 8.36. The van der Waals surface area contributed by atoms with Crippen LogP contribution in [0.5, 0.6) is 0 Å². The Morgan fingerprint density at radius 1 is 1.24 bits per heavy atom. The number of likely N-dealkylation sites (N-methyl/N-ethyl adjacent to an activating group) is 1. The Bertz CT molecular complexity index is 750. The summed E-state index contributed by atoms with van der Waals surface area (Å²) >= 11 is 12.0. The standard InChI is InChI=1S/C17H19Cl2N3O3/c1-10-12(11(2)25-21-10)7-8-16(24)22(3)9-15(23)20-17-13(18)5-4-6-14(17)19/h4-6H,7-9H2,1-3H3,(H,20,23). The summed E-state index contributed by atoms with van der Waals surface area (Å²) < 4.78 is 5.08. The van der Waals surface area contributed by atoms with Crippen molar-refractivity contribution >= 4 is 40.7 Å². The molecule has 0 aliphatic heterocycles. The highest BCUT2D eigenvalue weighted by molar-refractivity contribution is 6.39. The van der Waals surface area contributed by atoms with Crippen LogP contribution in [0.1, 0.15) is 23.4 Å². The molecule has 6 nitrogen and oxygen atoms in total. The number of carbonyl (C=O) groups excluding carboxylic acids is 2. The van der Waals surface area contributed by atoms with Crippen LogP contribution in [-0.2, 0) is 16.0 Å². The van der Waals surface area contributed by atoms with Gasteiger partial charge in [-0.15, -0.1) is 0 Å². The number of amides is 2. The second-order valence-corrected chi connectivity index (χ2v) is 6.51. The van der Waals surface area contributed by atoms with E-state index in [1.807, 2.05) is 13.8 Å². The summed E-state index contributed by atoms with van der Waals surface area (Å²) in [4.78, 5) is 25.7. The summed E-state index contributed by atoms with van der Waals surface area (Å²) in [5, 5.41) is 7.17. The fourth-order valence-electron chi connectivity index (χ4n) is 2.38. The fraction of sp³-hybridized carbons (Fsp3) is 0.353. The monoisotopic (exact) mass is 383 g/mol. The van der Waals surface area contributed by atoms with Crippen LogP contribution in [0.25, 0.3) is 0 Å². The molecule has 1 heterocycles. The average molecular weight is 384 g/mol. The molecule has 0 atom stereocenters. The van der Waals surface area contributed by atoms with Crippen molar-refractivity contribution in [3.05, 3.63) is 45.3 Å². The van der Waals surface area contributed by atoms with Gasteiger partial charge in [0, 0.05) is 19.0 Å². The van der Waals surface area contributed by atoms with Gasteiger partial charge >= 0.3 is 0 Å². The third-order valence-corrected chi connectivity index (χ3v) is 4.43. The van der Waals surface area contributed by atoms with Gasteiger partial charge in [0.1, 0.15) is 5.76 Å². The maximum atomic E-state index is 12.2. The molecule has 0 fully saturated rings. The normalized spacial score (nSPS) is 10.6. The number of aryl methyl sites for hydroxylation is 2. The topological polar surface area (TPSA) is 75.4 Å². The van der Waals surface area contributed by atoms with Gasteiger partial charge in [0.05, 0.1) is 28.0 Å². The number of hydrogen-bond acceptors (Lipinski definition) is 4. The summed E-state index contributed by atoms with van der Waals surface area (Å²) in [6.07, 6.45) is 0.780. The summed E-state index contributed by atoms with van der Waals surface area (Å²) in [5.41, 5.74) is 2.04. The highest BCUT2D eigenvalue weighted by Crippen LogP contribution is 2.29. The first kappa shape index (κ1) is 19.3. The molecule has 0 saturated carbocycles. The van der Waals surface area contributed by atoms with Crippen LogP contribution in [0.3, 0.4) is 0 Å². The highest BCUT2D eigenvalue weighted by Gasteiger charge is 2.17. The van der Waals surface area contributed by atoms with Crippen LogP contribution < -0.4 is 5.32 Å². The van der Waals surface area contributed by atoms with E-state index in [1.54, 1.807) is 25.2 Å². The maximum absolute atomic E-state index is 12.2. The van der Waals surface area contributed by atoms with Crippen LogP contribution in [0.15, 0.2) is 22.7 Å². The van der Waals surface area contributed by atoms with Crippen molar-refractivity contribution in [3.8, 4) is 0 Å². The van der Waals surface area contributed by atoms with Gasteiger partial charge in [-0.3, -0.25) is 9.59 Å². The third kappa shape index (κ3) is 4.96. The predicted molar refractivity (Wildman–Crippen MR) is 97.0 cm³/mol. The zero-order valence-electron chi connectivity index (χ0n) is 14.2. The van der Waals surface area contributed by atoms with Gasteiger partial charge in [0.15, 0.2) is 0 Å². The smallest absolute Gasteiger partial charge is 0.244 e. The number of halogens is 2. The summed E-state index contributed by atoms with van der Waals surface area (Å²) in [5.74, 6) is 0.183. The van der Waals surface area contributed by atoms with Crippen molar-refractivity contribution in [2.75, 3.05) is 18.9 Å². The van der Waals surface area contributed by atoms with E-state index in [-0.39, 0.29) is 24.8 Å². The van der Waals surface area contributed by atoms with E-state index in [1.165, 1.54) is 4.90 Å². The van der Waals surface area contributed by atoms with Crippen molar-refractivity contribution in [1.82, 2.24) is 10.1 Å². The predicted octanol–water partition coefficient (Wildman–Crippen LogP) is 3.63. The van der Waals surface area contributed by atoms with Crippen molar-refractivity contribution in [2.45, 2.75) is 26.7 Å². The van der Waals surface area contributed by atoms with Gasteiger partial charge in [-0.05, 0) is 32.4 Å². The lowest BCUT2D eigenvalue weighted by atomic mass is 10.1. The average Bonchev–Trinajstić information content (AvgIpc) is 2.87. The largest absolute Gasteiger partial charge is 0.361 e. The Balaban J connectivity index is 1.89. The van der Waals surface area contributed by atoms with Gasteiger partial charge in [0.25, 0.3) is 0 Å². The Kier molecular flexibility index (Phi) is 6.45. The molecule has 0 saturated heterocycles. The Labute approximate surface area is 156 Å². The molecule has 1 N–H and O–H groups in total. The molecule has 134 valence electrons. The molecule has 0 unspecified atom stereocenters. The Morgan fingerprint density at radius 2 is 1.88 bits per heavy atom. The van der Waals surface area contributed by atoms with E-state index in [4.69, 9.17) is 27.7 Å². The molecule has 2 amide bonds.